The molecule has 18 heavy (non-hydrogen) atoms. The molecule has 0 heteroatoms. The lowest BCUT2D eigenvalue weighted by Crippen LogP contribution is -2.24. The van der Waals surface area contributed by atoms with Crippen molar-refractivity contribution >= 4 is 0 Å². The standard InChI is InChI=1S/C18H32/c1-13-7-9-15(10-8-13)14(2)18-11-16-5-3-4-6-17(16)12-18/h13-18H,3-12H2,1-2H3. The summed E-state index contributed by atoms with van der Waals surface area (Å²) in [7, 11) is 0. The zero-order chi connectivity index (χ0) is 12.5. The molecule has 0 aliphatic heterocycles. The first-order valence-electron chi connectivity index (χ1n) is 8.74. The van der Waals surface area contributed by atoms with Crippen molar-refractivity contribution in [3.63, 3.8) is 0 Å². The highest BCUT2D eigenvalue weighted by atomic mass is 14.4. The smallest absolute Gasteiger partial charge is 0.0380 e. The Labute approximate surface area is 114 Å². The van der Waals surface area contributed by atoms with Crippen LogP contribution in [0.3, 0.4) is 0 Å². The van der Waals surface area contributed by atoms with Gasteiger partial charge < -0.3 is 0 Å². The van der Waals surface area contributed by atoms with E-state index in [9.17, 15) is 0 Å². The molecule has 3 saturated carbocycles. The average molecular weight is 248 g/mol. The van der Waals surface area contributed by atoms with Crippen LogP contribution in [0.1, 0.15) is 78.1 Å². The fourth-order valence-electron chi connectivity index (χ4n) is 5.40. The largest absolute Gasteiger partial charge is 0.0625 e. The lowest BCUT2D eigenvalue weighted by atomic mass is 9.72. The summed E-state index contributed by atoms with van der Waals surface area (Å²) < 4.78 is 0. The van der Waals surface area contributed by atoms with Gasteiger partial charge in [-0.1, -0.05) is 52.4 Å². The van der Waals surface area contributed by atoms with Gasteiger partial charge in [-0.3, -0.25) is 0 Å². The van der Waals surface area contributed by atoms with Crippen molar-refractivity contribution in [1.29, 1.82) is 0 Å². The summed E-state index contributed by atoms with van der Waals surface area (Å²) in [4.78, 5) is 0. The van der Waals surface area contributed by atoms with Gasteiger partial charge in [0.2, 0.25) is 0 Å². The SMILES string of the molecule is CC1CCC(C(C)C2CC3CCCCC3C2)CC1. The quantitative estimate of drug-likeness (QED) is 0.591. The normalized spacial score (nSPS) is 46.7. The minimum Gasteiger partial charge on any atom is -0.0625 e. The van der Waals surface area contributed by atoms with Crippen molar-refractivity contribution in [2.24, 2.45) is 35.5 Å². The van der Waals surface area contributed by atoms with Crippen molar-refractivity contribution in [2.45, 2.75) is 78.1 Å². The first-order valence-corrected chi connectivity index (χ1v) is 8.74. The van der Waals surface area contributed by atoms with E-state index in [1.54, 1.807) is 25.7 Å². The Bertz CT molecular complexity index is 247. The molecule has 3 fully saturated rings. The van der Waals surface area contributed by atoms with Gasteiger partial charge in [0.05, 0.1) is 0 Å². The summed E-state index contributed by atoms with van der Waals surface area (Å²) in [6.07, 6.45) is 15.5. The van der Waals surface area contributed by atoms with E-state index in [4.69, 9.17) is 0 Å². The summed E-state index contributed by atoms with van der Waals surface area (Å²) in [5.74, 6) is 6.48. The Morgan fingerprint density at radius 2 is 1.28 bits per heavy atom. The molecule has 0 spiro atoms. The zero-order valence-corrected chi connectivity index (χ0v) is 12.5. The maximum absolute atomic E-state index is 2.60. The fourth-order valence-corrected chi connectivity index (χ4v) is 5.40. The predicted octanol–water partition coefficient (Wildman–Crippen LogP) is 5.67. The Balaban J connectivity index is 1.55. The molecule has 0 nitrogen and oxygen atoms in total. The van der Waals surface area contributed by atoms with Gasteiger partial charge in [0, 0.05) is 0 Å². The van der Waals surface area contributed by atoms with Crippen LogP contribution in [0.5, 0.6) is 0 Å². The van der Waals surface area contributed by atoms with Gasteiger partial charge in [0.15, 0.2) is 0 Å². The second-order valence-corrected chi connectivity index (χ2v) is 7.92. The Hall–Kier alpha value is 0. The molecule has 0 aromatic heterocycles. The molecule has 3 aliphatic carbocycles. The fraction of sp³-hybridized carbons (Fsp3) is 1.00. The molecule has 0 heterocycles. The van der Waals surface area contributed by atoms with Crippen LogP contribution in [-0.2, 0) is 0 Å². The van der Waals surface area contributed by atoms with Crippen LogP contribution >= 0.6 is 0 Å². The molecule has 0 amide bonds. The lowest BCUT2D eigenvalue weighted by Gasteiger charge is -2.34. The highest BCUT2D eigenvalue weighted by molar-refractivity contribution is 4.90. The van der Waals surface area contributed by atoms with Crippen LogP contribution in [0.2, 0.25) is 0 Å². The highest BCUT2D eigenvalue weighted by Crippen LogP contribution is 2.50. The number of hydrogen-bond acceptors (Lipinski definition) is 0. The molecule has 0 radical (unpaired) electrons. The summed E-state index contributed by atoms with van der Waals surface area (Å²) in [5, 5.41) is 0. The van der Waals surface area contributed by atoms with Gasteiger partial charge in [0.1, 0.15) is 0 Å². The summed E-state index contributed by atoms with van der Waals surface area (Å²) in [6, 6.07) is 0. The van der Waals surface area contributed by atoms with E-state index in [0.29, 0.717) is 0 Å². The van der Waals surface area contributed by atoms with Crippen LogP contribution in [0, 0.1) is 35.5 Å². The van der Waals surface area contributed by atoms with Crippen molar-refractivity contribution in [2.75, 3.05) is 0 Å². The molecule has 0 N–H and O–H groups in total. The number of rotatable bonds is 2. The molecular weight excluding hydrogens is 216 g/mol. The monoisotopic (exact) mass is 248 g/mol. The summed E-state index contributed by atoms with van der Waals surface area (Å²) in [5.41, 5.74) is 0. The molecule has 0 saturated heterocycles. The third kappa shape index (κ3) is 2.63. The van der Waals surface area contributed by atoms with Crippen molar-refractivity contribution < 1.29 is 0 Å². The van der Waals surface area contributed by atoms with Crippen LogP contribution in [0.15, 0.2) is 0 Å². The van der Waals surface area contributed by atoms with E-state index < -0.39 is 0 Å². The Kier molecular flexibility index (Phi) is 4.01. The van der Waals surface area contributed by atoms with Gasteiger partial charge >= 0.3 is 0 Å². The Morgan fingerprint density at radius 1 is 0.722 bits per heavy atom. The van der Waals surface area contributed by atoms with E-state index in [0.717, 1.165) is 35.5 Å². The van der Waals surface area contributed by atoms with Gasteiger partial charge in [-0.05, 0) is 61.2 Å². The summed E-state index contributed by atoms with van der Waals surface area (Å²) in [6.45, 7) is 5.05. The first kappa shape index (κ1) is 13.0. The Morgan fingerprint density at radius 3 is 1.83 bits per heavy atom. The second-order valence-electron chi connectivity index (χ2n) is 7.92. The maximum Gasteiger partial charge on any atom is -0.0380 e. The van der Waals surface area contributed by atoms with E-state index >= 15 is 0 Å². The third-order valence-electron chi connectivity index (χ3n) is 6.83. The maximum atomic E-state index is 2.60. The van der Waals surface area contributed by atoms with Crippen molar-refractivity contribution in [1.82, 2.24) is 0 Å². The molecule has 3 rings (SSSR count). The van der Waals surface area contributed by atoms with E-state index in [2.05, 4.69) is 13.8 Å². The molecule has 3 atom stereocenters. The van der Waals surface area contributed by atoms with Crippen molar-refractivity contribution in [3.8, 4) is 0 Å². The van der Waals surface area contributed by atoms with E-state index in [1.807, 2.05) is 0 Å². The molecular formula is C18H32. The van der Waals surface area contributed by atoms with Crippen LogP contribution in [0.4, 0.5) is 0 Å². The van der Waals surface area contributed by atoms with Crippen LogP contribution in [-0.4, -0.2) is 0 Å². The number of hydrogen-bond donors (Lipinski definition) is 0. The van der Waals surface area contributed by atoms with E-state index in [-0.39, 0.29) is 0 Å². The minimum atomic E-state index is 1.01. The molecule has 0 bridgehead atoms. The lowest BCUT2D eigenvalue weighted by molar-refractivity contribution is 0.169. The number of fused-ring (bicyclic) bond motifs is 1. The summed E-state index contributed by atoms with van der Waals surface area (Å²) >= 11 is 0. The predicted molar refractivity (Wildman–Crippen MR) is 78.5 cm³/mol. The van der Waals surface area contributed by atoms with Gasteiger partial charge in [-0.2, -0.15) is 0 Å². The molecule has 104 valence electrons. The molecule has 0 aromatic rings. The first-order chi connectivity index (χ1) is 8.74. The second kappa shape index (κ2) is 5.55. The zero-order valence-electron chi connectivity index (χ0n) is 12.5. The van der Waals surface area contributed by atoms with Crippen LogP contribution in [0.25, 0.3) is 0 Å². The van der Waals surface area contributed by atoms with Crippen LogP contribution < -0.4 is 0 Å². The van der Waals surface area contributed by atoms with Gasteiger partial charge in [0.25, 0.3) is 0 Å². The van der Waals surface area contributed by atoms with E-state index in [1.165, 1.54) is 38.5 Å². The molecule has 3 aliphatic rings. The average Bonchev–Trinajstić information content (AvgIpc) is 2.82. The van der Waals surface area contributed by atoms with Crippen molar-refractivity contribution in [3.05, 3.63) is 0 Å². The minimum absolute atomic E-state index is 1.01. The topological polar surface area (TPSA) is 0 Å². The highest BCUT2D eigenvalue weighted by Gasteiger charge is 2.39. The third-order valence-corrected chi connectivity index (χ3v) is 6.83. The molecule has 0 aromatic carbocycles. The molecule has 3 unspecified atom stereocenters. The van der Waals surface area contributed by atoms with Gasteiger partial charge in [-0.25, -0.2) is 0 Å². The van der Waals surface area contributed by atoms with Gasteiger partial charge in [-0.15, -0.1) is 0 Å².